The normalized spacial score (nSPS) is 12.7. The molecule has 0 fully saturated rings. The number of benzene rings is 5. The number of rotatable bonds is 4. The first-order valence-electron chi connectivity index (χ1n) is 14.4. The Hall–Kier alpha value is -5.81. The highest BCUT2D eigenvalue weighted by atomic mass is 16.3. The van der Waals surface area contributed by atoms with Crippen molar-refractivity contribution >= 4 is 72.5 Å². The Bertz CT molecular complexity index is 2360. The number of fused-ring (bicyclic) bond motifs is 7. The van der Waals surface area contributed by atoms with Crippen molar-refractivity contribution in [2.24, 2.45) is 0 Å². The molecule has 0 saturated heterocycles. The number of pyridine rings is 1. The highest BCUT2D eigenvalue weighted by molar-refractivity contribution is 6.14. The molecule has 0 saturated carbocycles. The molecule has 5 nitrogen and oxygen atoms in total. The average molecular weight is 556 g/mol. The first-order valence-corrected chi connectivity index (χ1v) is 14.4. The van der Waals surface area contributed by atoms with Crippen LogP contribution in [0.3, 0.4) is 0 Å². The zero-order valence-corrected chi connectivity index (χ0v) is 23.1. The summed E-state index contributed by atoms with van der Waals surface area (Å²) in [5, 5.41) is 8.87. The quantitative estimate of drug-likeness (QED) is 0.234. The predicted octanol–water partition coefficient (Wildman–Crippen LogP) is 10.5. The molecule has 0 spiro atoms. The van der Waals surface area contributed by atoms with Crippen LogP contribution >= 0.6 is 0 Å². The maximum absolute atomic E-state index is 6.59. The summed E-state index contributed by atoms with van der Waals surface area (Å²) in [6.07, 6.45) is 7.78. The van der Waals surface area contributed by atoms with E-state index in [2.05, 4.69) is 130 Å². The maximum Gasteiger partial charge on any atom is 0.160 e. The van der Waals surface area contributed by atoms with Crippen molar-refractivity contribution in [1.82, 2.24) is 4.98 Å². The molecule has 8 aromatic rings. The lowest BCUT2D eigenvalue weighted by Gasteiger charge is -2.27. The van der Waals surface area contributed by atoms with E-state index in [1.807, 2.05) is 12.3 Å². The number of hydrogen-bond acceptors (Lipinski definition) is 5. The number of para-hydroxylation sites is 2. The summed E-state index contributed by atoms with van der Waals surface area (Å²) >= 11 is 0. The fourth-order valence-corrected chi connectivity index (χ4v) is 6.47. The van der Waals surface area contributed by atoms with Gasteiger partial charge in [-0.15, -0.1) is 0 Å². The number of anilines is 4. The van der Waals surface area contributed by atoms with E-state index in [1.54, 1.807) is 6.20 Å². The van der Waals surface area contributed by atoms with Crippen LogP contribution in [0.1, 0.15) is 5.76 Å². The van der Waals surface area contributed by atoms with Crippen molar-refractivity contribution < 1.29 is 8.83 Å². The molecule has 0 atom stereocenters. The van der Waals surface area contributed by atoms with E-state index in [-0.39, 0.29) is 0 Å². The van der Waals surface area contributed by atoms with Gasteiger partial charge in [0.25, 0.3) is 0 Å². The summed E-state index contributed by atoms with van der Waals surface area (Å²) in [7, 11) is 0. The number of nitrogens with zero attached hydrogens (tertiary/aromatic N) is 2. The van der Waals surface area contributed by atoms with Gasteiger partial charge in [0.05, 0.1) is 22.7 Å². The summed E-state index contributed by atoms with van der Waals surface area (Å²) in [5.41, 5.74) is 8.72. The fraction of sp³-hybridized carbons (Fsp3) is 0.0263. The summed E-state index contributed by atoms with van der Waals surface area (Å²) in [6, 6.07) is 38.2. The molecule has 43 heavy (non-hydrogen) atoms. The minimum Gasteiger partial charge on any atom is -0.454 e. The lowest BCUT2D eigenvalue weighted by atomic mass is 9.96. The maximum atomic E-state index is 6.59. The molecular formula is C38H25N3O2. The van der Waals surface area contributed by atoms with Gasteiger partial charge in [0.15, 0.2) is 16.9 Å². The summed E-state index contributed by atoms with van der Waals surface area (Å²) in [5.74, 6) is 0.839. The highest BCUT2D eigenvalue weighted by Gasteiger charge is 2.26. The van der Waals surface area contributed by atoms with Crippen LogP contribution in [0.25, 0.3) is 60.9 Å². The molecule has 0 radical (unpaired) electrons. The molecule has 0 amide bonds. The second-order valence-corrected chi connectivity index (χ2v) is 10.8. The second-order valence-electron chi connectivity index (χ2n) is 10.8. The smallest absolute Gasteiger partial charge is 0.160 e. The summed E-state index contributed by atoms with van der Waals surface area (Å²) in [6.45, 7) is 0.771. The molecule has 3 aromatic heterocycles. The molecule has 1 N–H and O–H groups in total. The predicted molar refractivity (Wildman–Crippen MR) is 176 cm³/mol. The Labute approximate surface area is 247 Å². The number of aromatic nitrogens is 1. The molecule has 0 aliphatic carbocycles. The van der Waals surface area contributed by atoms with Crippen LogP contribution in [0.15, 0.2) is 136 Å². The van der Waals surface area contributed by atoms with Crippen molar-refractivity contribution in [1.29, 1.82) is 0 Å². The third-order valence-electron chi connectivity index (χ3n) is 8.37. The van der Waals surface area contributed by atoms with Gasteiger partial charge in [0.2, 0.25) is 0 Å². The standard InChI is InChI=1S/C38H25N3O2/c1-2-9-24(10-3-1)25-18-19-31(27-12-5-4-11-26(25)27)41(32-15-6-13-28-30-23-39-22-20-34(30)42-37(28)32)33-16-7-14-29-36-35(43-38(29)33)17-8-21-40-36/h1-20,22-23,40H,21H2. The molecule has 5 aromatic carbocycles. The Morgan fingerprint density at radius 1 is 0.605 bits per heavy atom. The first-order chi connectivity index (χ1) is 21.3. The lowest BCUT2D eigenvalue weighted by molar-refractivity contribution is 0.604. The molecule has 9 rings (SSSR count). The third-order valence-corrected chi connectivity index (χ3v) is 8.37. The third kappa shape index (κ3) is 3.61. The van der Waals surface area contributed by atoms with E-state index < -0.39 is 0 Å². The number of nitrogens with one attached hydrogen (secondary N) is 1. The summed E-state index contributed by atoms with van der Waals surface area (Å²) < 4.78 is 13.2. The van der Waals surface area contributed by atoms with Gasteiger partial charge in [-0.3, -0.25) is 4.98 Å². The van der Waals surface area contributed by atoms with Gasteiger partial charge in [-0.1, -0.05) is 84.9 Å². The van der Waals surface area contributed by atoms with Crippen LogP contribution in [0.2, 0.25) is 0 Å². The zero-order chi connectivity index (χ0) is 28.3. The lowest BCUT2D eigenvalue weighted by Crippen LogP contribution is -2.11. The summed E-state index contributed by atoms with van der Waals surface area (Å²) in [4.78, 5) is 6.67. The molecule has 5 heteroatoms. The zero-order valence-electron chi connectivity index (χ0n) is 23.1. The average Bonchev–Trinajstić information content (AvgIpc) is 3.65. The molecular weight excluding hydrogens is 530 g/mol. The van der Waals surface area contributed by atoms with Crippen LogP contribution in [-0.2, 0) is 0 Å². The van der Waals surface area contributed by atoms with Crippen LogP contribution in [0.4, 0.5) is 22.7 Å². The number of furan rings is 2. The largest absolute Gasteiger partial charge is 0.454 e. The SMILES string of the molecule is C1=Cc2oc3c(N(c4ccc(-c5ccccc5)c5ccccc45)c4cccc5c4oc4ccncc45)cccc3c2NC1. The monoisotopic (exact) mass is 555 g/mol. The van der Waals surface area contributed by atoms with Gasteiger partial charge in [0, 0.05) is 40.5 Å². The van der Waals surface area contributed by atoms with Crippen molar-refractivity contribution in [2.75, 3.05) is 16.8 Å². The van der Waals surface area contributed by atoms with Crippen LogP contribution in [-0.4, -0.2) is 11.5 Å². The molecule has 1 aliphatic rings. The van der Waals surface area contributed by atoms with Gasteiger partial charge in [-0.05, 0) is 52.9 Å². The minimum absolute atomic E-state index is 0.771. The van der Waals surface area contributed by atoms with E-state index in [9.17, 15) is 0 Å². The van der Waals surface area contributed by atoms with Crippen molar-refractivity contribution in [3.05, 3.63) is 133 Å². The Morgan fingerprint density at radius 2 is 1.35 bits per heavy atom. The van der Waals surface area contributed by atoms with Crippen LogP contribution in [0, 0.1) is 0 Å². The Balaban J connectivity index is 1.38. The highest BCUT2D eigenvalue weighted by Crippen LogP contribution is 2.49. The Morgan fingerprint density at radius 3 is 2.21 bits per heavy atom. The topological polar surface area (TPSA) is 54.4 Å². The number of hydrogen-bond donors (Lipinski definition) is 1. The second kappa shape index (κ2) is 9.36. The first kappa shape index (κ1) is 23.9. The molecule has 0 bridgehead atoms. The van der Waals surface area contributed by atoms with Crippen LogP contribution in [0.5, 0.6) is 0 Å². The van der Waals surface area contributed by atoms with E-state index in [1.165, 1.54) is 16.5 Å². The fourth-order valence-electron chi connectivity index (χ4n) is 6.47. The molecule has 204 valence electrons. The van der Waals surface area contributed by atoms with Crippen molar-refractivity contribution in [3.8, 4) is 11.1 Å². The van der Waals surface area contributed by atoms with Gasteiger partial charge in [-0.25, -0.2) is 0 Å². The van der Waals surface area contributed by atoms with E-state index in [0.717, 1.165) is 73.3 Å². The molecule has 4 heterocycles. The molecule has 1 aliphatic heterocycles. The van der Waals surface area contributed by atoms with Gasteiger partial charge >= 0.3 is 0 Å². The van der Waals surface area contributed by atoms with Crippen molar-refractivity contribution in [3.63, 3.8) is 0 Å². The van der Waals surface area contributed by atoms with E-state index in [4.69, 9.17) is 8.83 Å². The minimum atomic E-state index is 0.771. The van der Waals surface area contributed by atoms with Gasteiger partial charge < -0.3 is 19.1 Å². The Kier molecular flexibility index (Phi) is 5.19. The van der Waals surface area contributed by atoms with Crippen molar-refractivity contribution in [2.45, 2.75) is 0 Å². The van der Waals surface area contributed by atoms with Gasteiger partial charge in [0.1, 0.15) is 5.58 Å². The van der Waals surface area contributed by atoms with E-state index >= 15 is 0 Å². The van der Waals surface area contributed by atoms with E-state index in [0.29, 0.717) is 0 Å². The molecule has 0 unspecified atom stereocenters. The van der Waals surface area contributed by atoms with Gasteiger partial charge in [-0.2, -0.15) is 0 Å². The van der Waals surface area contributed by atoms with Crippen LogP contribution < -0.4 is 10.2 Å².